The second kappa shape index (κ2) is 7.69. The van der Waals surface area contributed by atoms with Crippen molar-refractivity contribution in [3.05, 3.63) is 112 Å². The molecule has 0 saturated carbocycles. The van der Waals surface area contributed by atoms with Gasteiger partial charge in [-0.1, -0.05) is 66.7 Å². The van der Waals surface area contributed by atoms with Gasteiger partial charge in [0, 0.05) is 10.9 Å². The molecule has 0 N–H and O–H groups in total. The van der Waals surface area contributed by atoms with Crippen LogP contribution in [0, 0.1) is 5.82 Å². The summed E-state index contributed by atoms with van der Waals surface area (Å²) in [6, 6.07) is 24.6. The van der Waals surface area contributed by atoms with Crippen molar-refractivity contribution < 1.29 is 4.39 Å². The first kappa shape index (κ1) is 18.5. The zero-order chi connectivity index (χ0) is 20.5. The molecule has 146 valence electrons. The quantitative estimate of drug-likeness (QED) is 0.364. The van der Waals surface area contributed by atoms with Crippen molar-refractivity contribution in [2.75, 3.05) is 0 Å². The van der Waals surface area contributed by atoms with Gasteiger partial charge in [-0.05, 0) is 34.4 Å². The molecule has 0 fully saturated rings. The lowest BCUT2D eigenvalue weighted by Gasteiger charge is -2.07. The fourth-order valence-electron chi connectivity index (χ4n) is 3.55. The van der Waals surface area contributed by atoms with E-state index in [1.807, 2.05) is 35.7 Å². The standard InChI is InChI=1S/C25H17FN2OS/c26-21-12-6-17(7-13-21)14-28-16-27-24-23(25(28)29)22(15-30-24)20-10-8-19(9-11-20)18-4-2-1-3-5-18/h1-13,15-16H,14H2. The number of hydrogen-bond donors (Lipinski definition) is 0. The molecule has 0 aliphatic rings. The lowest BCUT2D eigenvalue weighted by molar-refractivity contribution is 0.626. The van der Waals surface area contributed by atoms with Crippen LogP contribution in [-0.4, -0.2) is 9.55 Å². The minimum atomic E-state index is -0.293. The molecule has 30 heavy (non-hydrogen) atoms. The third kappa shape index (κ3) is 3.44. The number of rotatable bonds is 4. The molecule has 5 heteroatoms. The molecule has 3 aromatic carbocycles. The smallest absolute Gasteiger partial charge is 0.263 e. The van der Waals surface area contributed by atoms with Gasteiger partial charge in [0.2, 0.25) is 0 Å². The highest BCUT2D eigenvalue weighted by molar-refractivity contribution is 7.17. The maximum absolute atomic E-state index is 13.2. The highest BCUT2D eigenvalue weighted by Crippen LogP contribution is 2.32. The van der Waals surface area contributed by atoms with Gasteiger partial charge in [-0.3, -0.25) is 9.36 Å². The van der Waals surface area contributed by atoms with Crippen molar-refractivity contribution in [1.82, 2.24) is 9.55 Å². The Morgan fingerprint density at radius 2 is 1.50 bits per heavy atom. The molecule has 3 nitrogen and oxygen atoms in total. The van der Waals surface area contributed by atoms with Crippen LogP contribution >= 0.6 is 11.3 Å². The molecular weight excluding hydrogens is 395 g/mol. The van der Waals surface area contributed by atoms with E-state index in [9.17, 15) is 9.18 Å². The molecule has 5 aromatic rings. The van der Waals surface area contributed by atoms with E-state index in [-0.39, 0.29) is 11.4 Å². The van der Waals surface area contributed by atoms with Crippen LogP contribution in [0.5, 0.6) is 0 Å². The summed E-state index contributed by atoms with van der Waals surface area (Å²) >= 11 is 1.47. The lowest BCUT2D eigenvalue weighted by Crippen LogP contribution is -2.20. The summed E-state index contributed by atoms with van der Waals surface area (Å²) < 4.78 is 14.7. The van der Waals surface area contributed by atoms with Crippen LogP contribution in [0.25, 0.3) is 32.5 Å². The summed E-state index contributed by atoms with van der Waals surface area (Å²) in [5, 5.41) is 2.61. The lowest BCUT2D eigenvalue weighted by atomic mass is 10.0. The Labute approximate surface area is 176 Å². The third-order valence-electron chi connectivity index (χ3n) is 5.13. The Bertz CT molecular complexity index is 1370. The minimum absolute atomic E-state index is 0.0901. The number of aromatic nitrogens is 2. The molecule has 0 aliphatic heterocycles. The number of halogens is 1. The van der Waals surface area contributed by atoms with Crippen molar-refractivity contribution in [2.45, 2.75) is 6.54 Å². The predicted molar refractivity (Wildman–Crippen MR) is 120 cm³/mol. The summed E-state index contributed by atoms with van der Waals surface area (Å²) in [7, 11) is 0. The highest BCUT2D eigenvalue weighted by atomic mass is 32.1. The molecule has 2 aromatic heterocycles. The number of hydrogen-bond acceptors (Lipinski definition) is 3. The second-order valence-corrected chi connectivity index (χ2v) is 7.94. The molecule has 0 saturated heterocycles. The van der Waals surface area contributed by atoms with Gasteiger partial charge in [0.25, 0.3) is 5.56 Å². The SMILES string of the molecule is O=c1c2c(-c3ccc(-c4ccccc4)cc3)csc2ncn1Cc1ccc(F)cc1. The summed E-state index contributed by atoms with van der Waals surface area (Å²) in [4.78, 5) is 18.4. The van der Waals surface area contributed by atoms with Crippen LogP contribution in [0.1, 0.15) is 5.56 Å². The van der Waals surface area contributed by atoms with E-state index in [2.05, 4.69) is 29.2 Å². The molecule has 2 heterocycles. The van der Waals surface area contributed by atoms with Crippen LogP contribution in [0.4, 0.5) is 4.39 Å². The van der Waals surface area contributed by atoms with E-state index in [0.717, 1.165) is 32.6 Å². The van der Waals surface area contributed by atoms with Crippen LogP contribution < -0.4 is 5.56 Å². The van der Waals surface area contributed by atoms with Crippen molar-refractivity contribution >= 4 is 21.6 Å². The Kier molecular flexibility index (Phi) is 4.73. The highest BCUT2D eigenvalue weighted by Gasteiger charge is 2.14. The molecule has 0 spiro atoms. The van der Waals surface area contributed by atoms with Crippen molar-refractivity contribution in [3.63, 3.8) is 0 Å². The Morgan fingerprint density at radius 3 is 2.23 bits per heavy atom. The third-order valence-corrected chi connectivity index (χ3v) is 6.02. The predicted octanol–water partition coefficient (Wildman–Crippen LogP) is 5.98. The maximum atomic E-state index is 13.2. The summed E-state index contributed by atoms with van der Waals surface area (Å²) in [5.74, 6) is -0.293. The molecule has 0 unspecified atom stereocenters. The van der Waals surface area contributed by atoms with Crippen molar-refractivity contribution in [1.29, 1.82) is 0 Å². The molecule has 0 radical (unpaired) electrons. The van der Waals surface area contributed by atoms with E-state index < -0.39 is 0 Å². The van der Waals surface area contributed by atoms with E-state index >= 15 is 0 Å². The van der Waals surface area contributed by atoms with Crippen LogP contribution in [0.3, 0.4) is 0 Å². The zero-order valence-electron chi connectivity index (χ0n) is 16.0. The second-order valence-electron chi connectivity index (χ2n) is 7.08. The van der Waals surface area contributed by atoms with E-state index in [1.165, 1.54) is 23.5 Å². The van der Waals surface area contributed by atoms with Gasteiger partial charge in [-0.2, -0.15) is 0 Å². The molecule has 5 rings (SSSR count). The summed E-state index contributed by atoms with van der Waals surface area (Å²) in [5.41, 5.74) is 4.92. The van der Waals surface area contributed by atoms with Gasteiger partial charge in [0.15, 0.2) is 0 Å². The van der Waals surface area contributed by atoms with E-state index in [1.54, 1.807) is 23.0 Å². The minimum Gasteiger partial charge on any atom is -0.294 e. The zero-order valence-corrected chi connectivity index (χ0v) is 16.8. The van der Waals surface area contributed by atoms with E-state index in [4.69, 9.17) is 0 Å². The maximum Gasteiger partial charge on any atom is 0.263 e. The number of benzene rings is 3. The van der Waals surface area contributed by atoms with Gasteiger partial charge < -0.3 is 0 Å². The van der Waals surface area contributed by atoms with Crippen LogP contribution in [0.15, 0.2) is 95.4 Å². The van der Waals surface area contributed by atoms with Crippen LogP contribution in [0.2, 0.25) is 0 Å². The first-order chi connectivity index (χ1) is 14.7. The Balaban J connectivity index is 1.53. The number of thiophene rings is 1. The average molecular weight is 412 g/mol. The van der Waals surface area contributed by atoms with Crippen molar-refractivity contribution in [2.24, 2.45) is 0 Å². The first-order valence-electron chi connectivity index (χ1n) is 9.56. The van der Waals surface area contributed by atoms with E-state index in [0.29, 0.717) is 11.9 Å². The van der Waals surface area contributed by atoms with Gasteiger partial charge in [0.05, 0.1) is 18.3 Å². The van der Waals surface area contributed by atoms with Gasteiger partial charge in [0.1, 0.15) is 10.6 Å². The average Bonchev–Trinajstić information content (AvgIpc) is 3.23. The topological polar surface area (TPSA) is 34.9 Å². The Hall–Kier alpha value is -3.57. The fourth-order valence-corrected chi connectivity index (χ4v) is 4.46. The number of fused-ring (bicyclic) bond motifs is 1. The van der Waals surface area contributed by atoms with Crippen molar-refractivity contribution in [3.8, 4) is 22.3 Å². The van der Waals surface area contributed by atoms with Gasteiger partial charge in [-0.25, -0.2) is 9.37 Å². The Morgan fingerprint density at radius 1 is 0.833 bits per heavy atom. The van der Waals surface area contributed by atoms with Gasteiger partial charge >= 0.3 is 0 Å². The normalized spacial score (nSPS) is 11.1. The molecule has 0 atom stereocenters. The number of nitrogens with zero attached hydrogens (tertiary/aromatic N) is 2. The molecule has 0 bridgehead atoms. The van der Waals surface area contributed by atoms with Crippen LogP contribution in [-0.2, 0) is 6.54 Å². The summed E-state index contributed by atoms with van der Waals surface area (Å²) in [6.45, 7) is 0.351. The largest absolute Gasteiger partial charge is 0.294 e. The molecular formula is C25H17FN2OS. The summed E-state index contributed by atoms with van der Waals surface area (Å²) in [6.07, 6.45) is 1.56. The monoisotopic (exact) mass is 412 g/mol. The molecule has 0 amide bonds. The fraction of sp³-hybridized carbons (Fsp3) is 0.0400. The first-order valence-corrected chi connectivity index (χ1v) is 10.4. The molecule has 0 aliphatic carbocycles. The van der Waals surface area contributed by atoms with Gasteiger partial charge in [-0.15, -0.1) is 11.3 Å².